The van der Waals surface area contributed by atoms with Gasteiger partial charge in [0.15, 0.2) is 0 Å². The fraction of sp³-hybridized carbons (Fsp3) is 0.318. The smallest absolute Gasteiger partial charge is 0.234 e. The number of aromatic nitrogens is 4. The Balaban J connectivity index is 1.28. The van der Waals surface area contributed by atoms with E-state index in [0.717, 1.165) is 43.2 Å². The van der Waals surface area contributed by atoms with E-state index in [2.05, 4.69) is 25.7 Å². The van der Waals surface area contributed by atoms with Crippen molar-refractivity contribution >= 4 is 46.6 Å². The van der Waals surface area contributed by atoms with Crippen molar-refractivity contribution in [1.29, 1.82) is 0 Å². The van der Waals surface area contributed by atoms with Gasteiger partial charge < -0.3 is 15.1 Å². The lowest BCUT2D eigenvalue weighted by Crippen LogP contribution is -2.48. The lowest BCUT2D eigenvalue weighted by atomic mass is 10.2. The Kier molecular flexibility index (Phi) is 7.46. The van der Waals surface area contributed by atoms with Gasteiger partial charge in [-0.1, -0.05) is 30.3 Å². The van der Waals surface area contributed by atoms with Gasteiger partial charge in [0.05, 0.1) is 11.4 Å². The number of halogens is 1. The molecule has 0 atom stereocenters. The molecule has 1 saturated heterocycles. The van der Waals surface area contributed by atoms with Gasteiger partial charge in [-0.2, -0.15) is 4.68 Å². The maximum atomic E-state index is 12.4. The number of piperazine rings is 1. The molecule has 1 aliphatic rings. The maximum absolute atomic E-state index is 12.4. The van der Waals surface area contributed by atoms with Crippen LogP contribution in [0.1, 0.15) is 13.3 Å². The zero-order chi connectivity index (χ0) is 23.2. The lowest BCUT2D eigenvalue weighted by molar-refractivity contribution is -0.131. The van der Waals surface area contributed by atoms with Gasteiger partial charge in [0.25, 0.3) is 0 Å². The molecule has 33 heavy (non-hydrogen) atoms. The quantitative estimate of drug-likeness (QED) is 0.513. The van der Waals surface area contributed by atoms with Crippen LogP contribution in [-0.2, 0) is 9.59 Å². The molecule has 3 aromatic rings. The predicted octanol–water partition coefficient (Wildman–Crippen LogP) is 3.11. The van der Waals surface area contributed by atoms with Crippen LogP contribution < -0.4 is 10.2 Å². The van der Waals surface area contributed by atoms with E-state index in [1.54, 1.807) is 16.8 Å². The number of nitrogens with zero attached hydrogens (tertiary/aromatic N) is 6. The summed E-state index contributed by atoms with van der Waals surface area (Å²) in [5, 5.41) is 15.7. The molecule has 2 aromatic carbocycles. The van der Waals surface area contributed by atoms with Gasteiger partial charge in [-0.3, -0.25) is 9.59 Å². The number of benzene rings is 2. The first-order valence-electron chi connectivity index (χ1n) is 10.6. The lowest BCUT2D eigenvalue weighted by Gasteiger charge is -2.36. The number of rotatable bonds is 7. The number of amides is 2. The molecule has 0 spiro atoms. The van der Waals surface area contributed by atoms with E-state index in [-0.39, 0.29) is 17.6 Å². The van der Waals surface area contributed by atoms with Crippen molar-refractivity contribution in [3.05, 3.63) is 53.6 Å². The number of thioether (sulfide) groups is 1. The fourth-order valence-corrected chi connectivity index (χ4v) is 4.35. The molecule has 1 aromatic heterocycles. The Hall–Kier alpha value is -3.11. The van der Waals surface area contributed by atoms with Gasteiger partial charge in [-0.15, -0.1) is 5.10 Å². The third kappa shape index (κ3) is 5.82. The van der Waals surface area contributed by atoms with Crippen molar-refractivity contribution in [3.63, 3.8) is 0 Å². The maximum Gasteiger partial charge on any atom is 0.234 e. The number of hydrogen-bond acceptors (Lipinski definition) is 7. The minimum Gasteiger partial charge on any atom is -0.368 e. The first-order chi connectivity index (χ1) is 16.0. The SMILES string of the molecule is CCC(=O)N1CCN(c2ccc(NC(=O)CSc3nnnn3-c3ccc(Cl)cc3)cc2)CC1. The van der Waals surface area contributed by atoms with Crippen molar-refractivity contribution in [2.75, 3.05) is 42.1 Å². The molecule has 0 aliphatic carbocycles. The zero-order valence-corrected chi connectivity index (χ0v) is 19.7. The Morgan fingerprint density at radius 1 is 1.00 bits per heavy atom. The number of nitrogens with one attached hydrogen (secondary N) is 1. The predicted molar refractivity (Wildman–Crippen MR) is 129 cm³/mol. The van der Waals surface area contributed by atoms with Crippen LogP contribution in [-0.4, -0.2) is 68.9 Å². The topological polar surface area (TPSA) is 96.2 Å². The van der Waals surface area contributed by atoms with Crippen molar-refractivity contribution in [2.24, 2.45) is 0 Å². The summed E-state index contributed by atoms with van der Waals surface area (Å²) in [6, 6.07) is 14.9. The number of carbonyl (C=O) groups is 2. The summed E-state index contributed by atoms with van der Waals surface area (Å²) in [6.07, 6.45) is 0.544. The minimum atomic E-state index is -0.148. The highest BCUT2D eigenvalue weighted by Gasteiger charge is 2.20. The molecule has 2 heterocycles. The van der Waals surface area contributed by atoms with Crippen LogP contribution in [0.4, 0.5) is 11.4 Å². The van der Waals surface area contributed by atoms with Gasteiger partial charge in [0, 0.05) is 49.0 Å². The average Bonchev–Trinajstić information content (AvgIpc) is 3.32. The molecule has 1 fully saturated rings. The molecule has 4 rings (SSSR count). The molecule has 0 bridgehead atoms. The molecule has 1 N–H and O–H groups in total. The van der Waals surface area contributed by atoms with Crippen LogP contribution in [0.3, 0.4) is 0 Å². The van der Waals surface area contributed by atoms with Crippen LogP contribution in [0, 0.1) is 0 Å². The van der Waals surface area contributed by atoms with E-state index in [0.29, 0.717) is 16.6 Å². The Bertz CT molecular complexity index is 1100. The van der Waals surface area contributed by atoms with Crippen molar-refractivity contribution in [3.8, 4) is 5.69 Å². The third-order valence-electron chi connectivity index (χ3n) is 5.30. The second-order valence-corrected chi connectivity index (χ2v) is 8.83. The second kappa shape index (κ2) is 10.7. The van der Waals surface area contributed by atoms with Gasteiger partial charge in [0.1, 0.15) is 0 Å². The molecule has 9 nitrogen and oxygen atoms in total. The van der Waals surface area contributed by atoms with E-state index in [1.165, 1.54) is 11.8 Å². The number of carbonyl (C=O) groups excluding carboxylic acids is 2. The van der Waals surface area contributed by atoms with E-state index in [4.69, 9.17) is 11.6 Å². The van der Waals surface area contributed by atoms with E-state index >= 15 is 0 Å². The second-order valence-electron chi connectivity index (χ2n) is 7.45. The molecule has 172 valence electrons. The average molecular weight is 486 g/mol. The van der Waals surface area contributed by atoms with Crippen LogP contribution in [0.2, 0.25) is 5.02 Å². The summed E-state index contributed by atoms with van der Waals surface area (Å²) in [5.41, 5.74) is 2.57. The number of hydrogen-bond donors (Lipinski definition) is 1. The summed E-state index contributed by atoms with van der Waals surface area (Å²) < 4.78 is 1.57. The monoisotopic (exact) mass is 485 g/mol. The standard InChI is InChI=1S/C22H24ClN7O2S/c1-2-21(32)29-13-11-28(12-14-29)18-9-5-17(6-10-18)24-20(31)15-33-22-25-26-27-30(22)19-7-3-16(23)4-8-19/h3-10H,2,11-15H2,1H3,(H,24,31). The first kappa shape index (κ1) is 23.1. The highest BCUT2D eigenvalue weighted by molar-refractivity contribution is 7.99. The van der Waals surface area contributed by atoms with E-state index < -0.39 is 0 Å². The van der Waals surface area contributed by atoms with Crippen molar-refractivity contribution in [2.45, 2.75) is 18.5 Å². The summed E-state index contributed by atoms with van der Waals surface area (Å²) >= 11 is 7.18. The number of tetrazole rings is 1. The van der Waals surface area contributed by atoms with Crippen LogP contribution >= 0.6 is 23.4 Å². The molecule has 2 amide bonds. The van der Waals surface area contributed by atoms with Crippen LogP contribution in [0.25, 0.3) is 5.69 Å². The zero-order valence-electron chi connectivity index (χ0n) is 18.1. The van der Waals surface area contributed by atoms with Crippen molar-refractivity contribution < 1.29 is 9.59 Å². The summed E-state index contributed by atoms with van der Waals surface area (Å²) in [7, 11) is 0. The highest BCUT2D eigenvalue weighted by atomic mass is 35.5. The van der Waals surface area contributed by atoms with E-state index in [9.17, 15) is 9.59 Å². The van der Waals surface area contributed by atoms with Crippen molar-refractivity contribution in [1.82, 2.24) is 25.1 Å². The highest BCUT2D eigenvalue weighted by Crippen LogP contribution is 2.22. The first-order valence-corrected chi connectivity index (χ1v) is 12.0. The largest absolute Gasteiger partial charge is 0.368 e. The molecule has 0 unspecified atom stereocenters. The molecule has 1 aliphatic heterocycles. The molecular weight excluding hydrogens is 462 g/mol. The van der Waals surface area contributed by atoms with E-state index in [1.807, 2.05) is 48.2 Å². The Morgan fingerprint density at radius 2 is 1.67 bits per heavy atom. The summed E-state index contributed by atoms with van der Waals surface area (Å²) in [6.45, 7) is 4.96. The third-order valence-corrected chi connectivity index (χ3v) is 6.47. The van der Waals surface area contributed by atoms with Gasteiger partial charge in [-0.05, 0) is 59.0 Å². The normalized spacial score (nSPS) is 13.8. The minimum absolute atomic E-state index is 0.148. The molecule has 0 radical (unpaired) electrons. The van der Waals surface area contributed by atoms with Crippen LogP contribution in [0.15, 0.2) is 53.7 Å². The van der Waals surface area contributed by atoms with Gasteiger partial charge in [0.2, 0.25) is 17.0 Å². The molecular formula is C22H24ClN7O2S. The molecule has 11 heteroatoms. The Labute approximate surface area is 201 Å². The summed E-state index contributed by atoms with van der Waals surface area (Å²) in [4.78, 5) is 28.4. The Morgan fingerprint density at radius 3 is 2.33 bits per heavy atom. The molecule has 0 saturated carbocycles. The van der Waals surface area contributed by atoms with Gasteiger partial charge in [-0.25, -0.2) is 0 Å². The fourth-order valence-electron chi connectivity index (χ4n) is 3.53. The van der Waals surface area contributed by atoms with Crippen LogP contribution in [0.5, 0.6) is 0 Å². The summed E-state index contributed by atoms with van der Waals surface area (Å²) in [5.74, 6) is 0.223. The number of anilines is 2. The van der Waals surface area contributed by atoms with Gasteiger partial charge >= 0.3 is 0 Å².